The Morgan fingerprint density at radius 3 is 2.70 bits per heavy atom. The molecule has 1 unspecified atom stereocenters. The first-order chi connectivity index (χ1) is 16.0. The number of ketones is 1. The average molecular weight is 466 g/mol. The van der Waals surface area contributed by atoms with Gasteiger partial charge in [0.15, 0.2) is 0 Å². The van der Waals surface area contributed by atoms with Crippen LogP contribution in [0, 0.1) is 6.92 Å². The van der Waals surface area contributed by atoms with Crippen molar-refractivity contribution in [2.75, 3.05) is 6.54 Å². The van der Waals surface area contributed by atoms with E-state index >= 15 is 0 Å². The number of pyridine rings is 1. The molecule has 0 aliphatic carbocycles. The molecule has 33 heavy (non-hydrogen) atoms. The smallest absolute Gasteiger partial charge is 0.147 e. The highest BCUT2D eigenvalue weighted by Crippen LogP contribution is 2.37. The number of hydrogen-bond acceptors (Lipinski definition) is 6. The third kappa shape index (κ3) is 5.58. The molecule has 1 N–H and O–H groups in total. The molecule has 0 fully saturated rings. The zero-order valence-corrected chi connectivity index (χ0v) is 20.5. The molecule has 174 valence electrons. The van der Waals surface area contributed by atoms with Gasteiger partial charge in [-0.15, -0.1) is 0 Å². The number of carbonyl (C=O) groups is 1. The van der Waals surface area contributed by atoms with Gasteiger partial charge in [0.25, 0.3) is 0 Å². The van der Waals surface area contributed by atoms with Crippen molar-refractivity contribution in [3.8, 4) is 17.2 Å². The van der Waals surface area contributed by atoms with Gasteiger partial charge in [-0.1, -0.05) is 32.5 Å². The molecule has 4 rings (SSSR count). The molecule has 1 aliphatic heterocycles. The van der Waals surface area contributed by atoms with Gasteiger partial charge in [0, 0.05) is 35.2 Å². The van der Waals surface area contributed by atoms with Crippen LogP contribution < -0.4 is 9.47 Å². The van der Waals surface area contributed by atoms with Gasteiger partial charge < -0.3 is 14.5 Å². The zero-order valence-electron chi connectivity index (χ0n) is 19.7. The van der Waals surface area contributed by atoms with Crippen LogP contribution in [0.5, 0.6) is 17.2 Å². The van der Waals surface area contributed by atoms with Crippen molar-refractivity contribution in [3.63, 3.8) is 0 Å². The average Bonchev–Trinajstić information content (AvgIpc) is 3.45. The van der Waals surface area contributed by atoms with Crippen molar-refractivity contribution in [2.45, 2.75) is 64.7 Å². The van der Waals surface area contributed by atoms with E-state index in [4.69, 9.17) is 14.5 Å². The molecule has 0 bridgehead atoms. The Bertz CT molecular complexity index is 1150. The summed E-state index contributed by atoms with van der Waals surface area (Å²) >= 11 is 1.68. The summed E-state index contributed by atoms with van der Waals surface area (Å²) in [5.74, 6) is 2.44. The van der Waals surface area contributed by atoms with Crippen molar-refractivity contribution in [3.05, 3.63) is 47.9 Å². The lowest BCUT2D eigenvalue weighted by Gasteiger charge is -2.17. The number of rotatable bonds is 10. The predicted octanol–water partition coefficient (Wildman–Crippen LogP) is 6.46. The third-order valence-electron chi connectivity index (χ3n) is 5.79. The molecular formula is C26H31N3O3S. The number of ether oxygens (including phenoxy) is 2. The Morgan fingerprint density at radius 1 is 1.18 bits per heavy atom. The number of benzene rings is 1. The topological polar surface area (TPSA) is 76.6 Å². The molecule has 1 aliphatic rings. The minimum atomic E-state index is 0.124. The highest BCUT2D eigenvalue weighted by Gasteiger charge is 2.24. The van der Waals surface area contributed by atoms with E-state index < -0.39 is 0 Å². The van der Waals surface area contributed by atoms with Gasteiger partial charge in [-0.3, -0.25) is 14.8 Å². The number of thioether (sulfide) groups is 1. The van der Waals surface area contributed by atoms with Crippen molar-refractivity contribution in [1.29, 1.82) is 0 Å². The molecule has 0 saturated carbocycles. The lowest BCUT2D eigenvalue weighted by atomic mass is 10.2. The van der Waals surface area contributed by atoms with Gasteiger partial charge in [-0.25, -0.2) is 0 Å². The van der Waals surface area contributed by atoms with Crippen LogP contribution in [0.3, 0.4) is 0 Å². The van der Waals surface area contributed by atoms with Crippen molar-refractivity contribution < 1.29 is 14.3 Å². The van der Waals surface area contributed by atoms with Crippen molar-refractivity contribution in [2.24, 2.45) is 4.99 Å². The first-order valence-electron chi connectivity index (χ1n) is 11.7. The molecule has 3 heterocycles. The summed E-state index contributed by atoms with van der Waals surface area (Å²) in [6.07, 6.45) is 4.85. The number of aromatic amines is 1. The predicted molar refractivity (Wildman–Crippen MR) is 135 cm³/mol. The molecule has 1 aromatic carbocycles. The number of aliphatic imine (C=N–C) groups is 1. The second kappa shape index (κ2) is 10.4. The minimum absolute atomic E-state index is 0.124. The van der Waals surface area contributed by atoms with Gasteiger partial charge in [-0.2, -0.15) is 0 Å². The molecule has 7 heteroatoms. The van der Waals surface area contributed by atoms with Crippen LogP contribution in [0.1, 0.15) is 57.8 Å². The van der Waals surface area contributed by atoms with Crippen LogP contribution in [0.15, 0.2) is 41.5 Å². The molecule has 3 aromatic rings. The van der Waals surface area contributed by atoms with Crippen molar-refractivity contribution in [1.82, 2.24) is 9.97 Å². The summed E-state index contributed by atoms with van der Waals surface area (Å²) in [4.78, 5) is 24.4. The minimum Gasteiger partial charge on any atom is -0.488 e. The lowest BCUT2D eigenvalue weighted by molar-refractivity contribution is -0.118. The molecule has 6 nitrogen and oxygen atoms in total. The Labute approximate surface area is 199 Å². The molecule has 0 amide bonds. The normalized spacial score (nSPS) is 15.8. The third-order valence-corrected chi connectivity index (χ3v) is 7.01. The number of fused-ring (bicyclic) bond motifs is 1. The van der Waals surface area contributed by atoms with E-state index in [9.17, 15) is 4.79 Å². The number of nitrogens with one attached hydrogen (secondary N) is 1. The maximum atomic E-state index is 11.9. The number of Topliss-reactive ketones (excluding diaryl/α,β-unsaturated/α-hetero) is 1. The van der Waals surface area contributed by atoms with Crippen LogP contribution >= 0.6 is 11.8 Å². The van der Waals surface area contributed by atoms with E-state index in [2.05, 4.69) is 29.9 Å². The largest absolute Gasteiger partial charge is 0.488 e. The fourth-order valence-electron chi connectivity index (χ4n) is 3.81. The summed E-state index contributed by atoms with van der Waals surface area (Å²) in [5, 5.41) is 2.16. The molecule has 0 spiro atoms. The van der Waals surface area contributed by atoms with Gasteiger partial charge in [0.1, 0.15) is 28.1 Å². The summed E-state index contributed by atoms with van der Waals surface area (Å²) in [6.45, 7) is 8.80. The van der Waals surface area contributed by atoms with E-state index in [0.717, 1.165) is 45.9 Å². The molecule has 2 aromatic heterocycles. The Balaban J connectivity index is 1.64. The number of hydrogen-bond donors (Lipinski definition) is 1. The fourth-order valence-corrected chi connectivity index (χ4v) is 4.93. The standard InChI is InChI=1S/C26H31N3O3S/c1-5-18(30)12-22-15-28-26(33-22)23-11-17-10-21(31-20-9-8-16(4)27-14-20)13-24(25(17)29-23)32-19(6-2)7-3/h8-11,13-14,19,22,29H,5-7,12,15H2,1-4H3. The van der Waals surface area contributed by atoms with E-state index in [0.29, 0.717) is 30.9 Å². The summed E-state index contributed by atoms with van der Waals surface area (Å²) in [6, 6.07) is 9.88. The van der Waals surface area contributed by atoms with Gasteiger partial charge in [0.05, 0.1) is 30.1 Å². The number of aromatic nitrogens is 2. The van der Waals surface area contributed by atoms with Gasteiger partial charge in [-0.05, 0) is 44.0 Å². The van der Waals surface area contributed by atoms with Crippen LogP contribution in [0.25, 0.3) is 10.9 Å². The number of nitrogens with zero attached hydrogens (tertiary/aromatic N) is 2. The zero-order chi connectivity index (χ0) is 23.4. The van der Waals surface area contributed by atoms with Gasteiger partial charge >= 0.3 is 0 Å². The SMILES string of the molecule is CCC(=O)CC1CN=C(c2cc3cc(Oc4ccc(C)nc4)cc(OC(CC)CC)c3[nH]2)S1. The van der Waals surface area contributed by atoms with Crippen LogP contribution in [-0.2, 0) is 4.79 Å². The molecule has 0 radical (unpaired) electrons. The monoisotopic (exact) mass is 465 g/mol. The maximum Gasteiger partial charge on any atom is 0.147 e. The Hall–Kier alpha value is -2.80. The summed E-state index contributed by atoms with van der Waals surface area (Å²) in [5.41, 5.74) is 2.83. The molecule has 0 saturated heterocycles. The second-order valence-electron chi connectivity index (χ2n) is 8.34. The lowest BCUT2D eigenvalue weighted by Crippen LogP contribution is -2.13. The Kier molecular flexibility index (Phi) is 7.38. The first-order valence-corrected chi connectivity index (χ1v) is 12.5. The van der Waals surface area contributed by atoms with Crippen LogP contribution in [-0.4, -0.2) is 38.7 Å². The molecular weight excluding hydrogens is 434 g/mol. The van der Waals surface area contributed by atoms with Gasteiger partial charge in [0.2, 0.25) is 0 Å². The Morgan fingerprint density at radius 2 is 2.00 bits per heavy atom. The summed E-state index contributed by atoms with van der Waals surface area (Å²) < 4.78 is 12.5. The van der Waals surface area contributed by atoms with E-state index in [1.165, 1.54) is 0 Å². The number of H-pyrrole nitrogens is 1. The molecule has 1 atom stereocenters. The summed E-state index contributed by atoms with van der Waals surface area (Å²) in [7, 11) is 0. The second-order valence-corrected chi connectivity index (χ2v) is 9.63. The van der Waals surface area contributed by atoms with Crippen LogP contribution in [0.4, 0.5) is 0 Å². The van der Waals surface area contributed by atoms with E-state index in [1.807, 2.05) is 38.1 Å². The highest BCUT2D eigenvalue weighted by atomic mass is 32.2. The van der Waals surface area contributed by atoms with E-state index in [-0.39, 0.29) is 17.1 Å². The first kappa shape index (κ1) is 23.4. The quantitative estimate of drug-likeness (QED) is 0.372. The van der Waals surface area contributed by atoms with Crippen molar-refractivity contribution >= 4 is 33.5 Å². The van der Waals surface area contributed by atoms with E-state index in [1.54, 1.807) is 18.0 Å². The van der Waals surface area contributed by atoms with Crippen LogP contribution in [0.2, 0.25) is 0 Å². The number of aryl methyl sites for hydroxylation is 1. The highest BCUT2D eigenvalue weighted by molar-refractivity contribution is 8.15. The maximum absolute atomic E-state index is 11.9. The number of carbonyl (C=O) groups excluding carboxylic acids is 1. The fraction of sp³-hybridized carbons (Fsp3) is 0.423.